The van der Waals surface area contributed by atoms with Crippen LogP contribution in [0.2, 0.25) is 0 Å². The molecule has 2 heteroatoms. The molecule has 1 unspecified atom stereocenters. The number of aryl methyl sites for hydroxylation is 2. The fourth-order valence-electron chi connectivity index (χ4n) is 2.29. The molecule has 88 valence electrons. The number of nitrogens with one attached hydrogen (secondary N) is 2. The first-order chi connectivity index (χ1) is 7.75. The van der Waals surface area contributed by atoms with Crippen molar-refractivity contribution < 1.29 is 0 Å². The Labute approximate surface area is 98.4 Å². The second-order valence-electron chi connectivity index (χ2n) is 4.92. The highest BCUT2D eigenvalue weighted by Gasteiger charge is 2.13. The average Bonchev–Trinajstić information content (AvgIpc) is 2.76. The summed E-state index contributed by atoms with van der Waals surface area (Å²) in [6.07, 6.45) is 1.32. The highest BCUT2D eigenvalue weighted by molar-refractivity contribution is 5.30. The smallest absolute Gasteiger partial charge is 0.0208 e. The Balaban J connectivity index is 1.82. The quantitative estimate of drug-likeness (QED) is 0.808. The maximum Gasteiger partial charge on any atom is 0.0208 e. The summed E-state index contributed by atoms with van der Waals surface area (Å²) in [6.45, 7) is 8.86. The Morgan fingerprint density at radius 2 is 2.25 bits per heavy atom. The lowest BCUT2D eigenvalue weighted by atomic mass is 10.1. The molecule has 1 aromatic carbocycles. The van der Waals surface area contributed by atoms with Crippen molar-refractivity contribution in [2.75, 3.05) is 19.6 Å². The van der Waals surface area contributed by atoms with Crippen molar-refractivity contribution in [2.24, 2.45) is 5.92 Å². The first kappa shape index (κ1) is 11.6. The lowest BCUT2D eigenvalue weighted by Crippen LogP contribution is -2.24. The Morgan fingerprint density at radius 1 is 1.38 bits per heavy atom. The molecule has 2 nitrogen and oxygen atoms in total. The lowest BCUT2D eigenvalue weighted by Gasteiger charge is -2.12. The summed E-state index contributed by atoms with van der Waals surface area (Å²) in [5, 5.41) is 6.97. The van der Waals surface area contributed by atoms with Crippen molar-refractivity contribution in [1.82, 2.24) is 10.6 Å². The van der Waals surface area contributed by atoms with E-state index in [1.165, 1.54) is 36.2 Å². The lowest BCUT2D eigenvalue weighted by molar-refractivity contribution is 0.512. The van der Waals surface area contributed by atoms with Gasteiger partial charge in [-0.05, 0) is 56.9 Å². The minimum absolute atomic E-state index is 0.824. The third kappa shape index (κ3) is 3.06. The molecular formula is C14H22N2. The molecule has 0 aliphatic carbocycles. The third-order valence-corrected chi connectivity index (χ3v) is 3.42. The zero-order valence-corrected chi connectivity index (χ0v) is 10.3. The van der Waals surface area contributed by atoms with E-state index in [2.05, 4.69) is 42.7 Å². The summed E-state index contributed by atoms with van der Waals surface area (Å²) < 4.78 is 0. The van der Waals surface area contributed by atoms with Crippen molar-refractivity contribution in [2.45, 2.75) is 26.8 Å². The minimum Gasteiger partial charge on any atom is -0.316 e. The minimum atomic E-state index is 0.824. The number of benzene rings is 1. The van der Waals surface area contributed by atoms with Crippen LogP contribution in [0.5, 0.6) is 0 Å². The molecule has 0 spiro atoms. The molecule has 1 atom stereocenters. The Morgan fingerprint density at radius 3 is 3.00 bits per heavy atom. The van der Waals surface area contributed by atoms with Crippen molar-refractivity contribution in [3.63, 3.8) is 0 Å². The normalized spacial score (nSPS) is 20.2. The first-order valence-electron chi connectivity index (χ1n) is 6.23. The van der Waals surface area contributed by atoms with Crippen LogP contribution < -0.4 is 10.6 Å². The maximum absolute atomic E-state index is 3.57. The summed E-state index contributed by atoms with van der Waals surface area (Å²) in [6, 6.07) is 6.68. The molecule has 2 rings (SSSR count). The van der Waals surface area contributed by atoms with Gasteiger partial charge in [0.2, 0.25) is 0 Å². The van der Waals surface area contributed by atoms with E-state index in [9.17, 15) is 0 Å². The van der Waals surface area contributed by atoms with E-state index in [1.54, 1.807) is 0 Å². The van der Waals surface area contributed by atoms with Gasteiger partial charge in [0.1, 0.15) is 0 Å². The van der Waals surface area contributed by atoms with Crippen molar-refractivity contribution in [3.8, 4) is 0 Å². The van der Waals surface area contributed by atoms with Crippen LogP contribution >= 0.6 is 0 Å². The third-order valence-electron chi connectivity index (χ3n) is 3.42. The molecule has 0 saturated carbocycles. The zero-order valence-electron chi connectivity index (χ0n) is 10.3. The summed E-state index contributed by atoms with van der Waals surface area (Å²) in [4.78, 5) is 0. The van der Waals surface area contributed by atoms with Gasteiger partial charge in [-0.2, -0.15) is 0 Å². The second kappa shape index (κ2) is 5.46. The maximum atomic E-state index is 3.57. The highest BCUT2D eigenvalue weighted by atomic mass is 14.9. The molecule has 0 bridgehead atoms. The molecule has 1 aliphatic rings. The van der Waals surface area contributed by atoms with Gasteiger partial charge < -0.3 is 10.6 Å². The standard InChI is InChI=1S/C14H22N2/c1-11-3-4-12(2)14(7-11)10-16-9-13-5-6-15-8-13/h3-4,7,13,15-16H,5-6,8-10H2,1-2H3. The van der Waals surface area contributed by atoms with Gasteiger partial charge in [0.15, 0.2) is 0 Å². The monoisotopic (exact) mass is 218 g/mol. The van der Waals surface area contributed by atoms with Crippen LogP contribution in [0.4, 0.5) is 0 Å². The van der Waals surface area contributed by atoms with Crippen molar-refractivity contribution in [1.29, 1.82) is 0 Å². The fraction of sp³-hybridized carbons (Fsp3) is 0.571. The fourth-order valence-corrected chi connectivity index (χ4v) is 2.29. The van der Waals surface area contributed by atoms with Crippen LogP contribution in [0.3, 0.4) is 0 Å². The molecular weight excluding hydrogens is 196 g/mol. The Bertz CT molecular complexity index is 341. The van der Waals surface area contributed by atoms with Gasteiger partial charge >= 0.3 is 0 Å². The zero-order chi connectivity index (χ0) is 11.4. The number of hydrogen-bond acceptors (Lipinski definition) is 2. The number of hydrogen-bond donors (Lipinski definition) is 2. The van der Waals surface area contributed by atoms with Gasteiger partial charge in [0, 0.05) is 6.54 Å². The van der Waals surface area contributed by atoms with Crippen LogP contribution in [0, 0.1) is 19.8 Å². The van der Waals surface area contributed by atoms with Gasteiger partial charge in [-0.1, -0.05) is 23.8 Å². The molecule has 0 aromatic heterocycles. The molecule has 0 radical (unpaired) electrons. The summed E-state index contributed by atoms with van der Waals surface area (Å²) in [5.41, 5.74) is 4.18. The van der Waals surface area contributed by atoms with Gasteiger partial charge in [0.05, 0.1) is 0 Å². The van der Waals surface area contributed by atoms with E-state index in [0.29, 0.717) is 0 Å². The van der Waals surface area contributed by atoms with E-state index < -0.39 is 0 Å². The van der Waals surface area contributed by atoms with Gasteiger partial charge in [-0.15, -0.1) is 0 Å². The SMILES string of the molecule is Cc1ccc(C)c(CNCC2CCNC2)c1. The molecule has 1 heterocycles. The first-order valence-corrected chi connectivity index (χ1v) is 6.23. The van der Waals surface area contributed by atoms with Gasteiger partial charge in [0.25, 0.3) is 0 Å². The van der Waals surface area contributed by atoms with E-state index in [4.69, 9.17) is 0 Å². The van der Waals surface area contributed by atoms with Gasteiger partial charge in [-0.25, -0.2) is 0 Å². The van der Waals surface area contributed by atoms with Crippen LogP contribution in [0.1, 0.15) is 23.1 Å². The summed E-state index contributed by atoms with van der Waals surface area (Å²) in [5.74, 6) is 0.824. The molecule has 1 fully saturated rings. The molecule has 1 aliphatic heterocycles. The molecule has 2 N–H and O–H groups in total. The molecule has 1 saturated heterocycles. The van der Waals surface area contributed by atoms with Crippen LogP contribution in [0.15, 0.2) is 18.2 Å². The van der Waals surface area contributed by atoms with Crippen LogP contribution in [-0.2, 0) is 6.54 Å². The van der Waals surface area contributed by atoms with Crippen LogP contribution in [-0.4, -0.2) is 19.6 Å². The number of rotatable bonds is 4. The second-order valence-corrected chi connectivity index (χ2v) is 4.92. The molecule has 1 aromatic rings. The predicted molar refractivity (Wildman–Crippen MR) is 68.6 cm³/mol. The average molecular weight is 218 g/mol. The van der Waals surface area contributed by atoms with Crippen molar-refractivity contribution >= 4 is 0 Å². The van der Waals surface area contributed by atoms with E-state index in [0.717, 1.165) is 19.0 Å². The summed E-state index contributed by atoms with van der Waals surface area (Å²) in [7, 11) is 0. The van der Waals surface area contributed by atoms with Gasteiger partial charge in [-0.3, -0.25) is 0 Å². The molecule has 0 amide bonds. The van der Waals surface area contributed by atoms with E-state index in [-0.39, 0.29) is 0 Å². The summed E-state index contributed by atoms with van der Waals surface area (Å²) >= 11 is 0. The van der Waals surface area contributed by atoms with E-state index in [1.807, 2.05) is 0 Å². The predicted octanol–water partition coefficient (Wildman–Crippen LogP) is 2.00. The Hall–Kier alpha value is -0.860. The van der Waals surface area contributed by atoms with Crippen molar-refractivity contribution in [3.05, 3.63) is 34.9 Å². The Kier molecular flexibility index (Phi) is 3.97. The largest absolute Gasteiger partial charge is 0.316 e. The highest BCUT2D eigenvalue weighted by Crippen LogP contribution is 2.11. The topological polar surface area (TPSA) is 24.1 Å². The molecule has 16 heavy (non-hydrogen) atoms. The van der Waals surface area contributed by atoms with Crippen LogP contribution in [0.25, 0.3) is 0 Å². The van der Waals surface area contributed by atoms with E-state index >= 15 is 0 Å².